The van der Waals surface area contributed by atoms with E-state index in [1.165, 1.54) is 22.0 Å². The molecule has 0 unspecified atom stereocenters. The summed E-state index contributed by atoms with van der Waals surface area (Å²) in [6, 6.07) is 4.14. The minimum absolute atomic E-state index is 0.732. The van der Waals surface area contributed by atoms with E-state index < -0.39 is 0 Å². The van der Waals surface area contributed by atoms with Gasteiger partial charge in [-0.1, -0.05) is 0 Å². The summed E-state index contributed by atoms with van der Waals surface area (Å²) >= 11 is 0. The molecule has 0 aliphatic heterocycles. The predicted octanol–water partition coefficient (Wildman–Crippen LogP) is 2.38. The molecular weight excluding hydrogens is 200 g/mol. The van der Waals surface area contributed by atoms with Gasteiger partial charge in [0, 0.05) is 17.1 Å². The molecular formula is C13H18N2O. The Kier molecular flexibility index (Phi) is 3.15. The standard InChI is InChI=1S/C13H18N2O/c1-9-6-11(16-2)7-12-10(4-3-5-14)8-15-13(9)12/h6-8,15H,3-5,14H2,1-2H3. The summed E-state index contributed by atoms with van der Waals surface area (Å²) in [5.41, 5.74) is 9.28. The molecule has 0 aliphatic carbocycles. The van der Waals surface area contributed by atoms with Gasteiger partial charge < -0.3 is 15.5 Å². The fraction of sp³-hybridized carbons (Fsp3) is 0.385. The van der Waals surface area contributed by atoms with Gasteiger partial charge in [-0.05, 0) is 49.6 Å². The number of aryl methyl sites for hydroxylation is 2. The van der Waals surface area contributed by atoms with Crippen LogP contribution in [-0.2, 0) is 6.42 Å². The molecule has 3 nitrogen and oxygen atoms in total. The van der Waals surface area contributed by atoms with Crippen molar-refractivity contribution in [3.8, 4) is 5.75 Å². The zero-order chi connectivity index (χ0) is 11.5. The molecule has 0 amide bonds. The van der Waals surface area contributed by atoms with Crippen LogP contribution in [-0.4, -0.2) is 18.6 Å². The molecule has 2 rings (SSSR count). The molecule has 0 saturated heterocycles. The highest BCUT2D eigenvalue weighted by Crippen LogP contribution is 2.27. The topological polar surface area (TPSA) is 51.0 Å². The highest BCUT2D eigenvalue weighted by atomic mass is 16.5. The van der Waals surface area contributed by atoms with Crippen LogP contribution < -0.4 is 10.5 Å². The molecule has 0 saturated carbocycles. The van der Waals surface area contributed by atoms with Gasteiger partial charge in [0.25, 0.3) is 0 Å². The molecule has 0 aliphatic rings. The zero-order valence-corrected chi connectivity index (χ0v) is 9.84. The first-order valence-corrected chi connectivity index (χ1v) is 5.61. The number of rotatable bonds is 4. The minimum atomic E-state index is 0.732. The molecule has 2 aromatic rings. The van der Waals surface area contributed by atoms with Crippen molar-refractivity contribution >= 4 is 10.9 Å². The Bertz CT molecular complexity index is 488. The van der Waals surface area contributed by atoms with E-state index in [9.17, 15) is 0 Å². The van der Waals surface area contributed by atoms with Crippen molar-refractivity contribution in [1.29, 1.82) is 0 Å². The monoisotopic (exact) mass is 218 g/mol. The Morgan fingerprint density at radius 1 is 1.38 bits per heavy atom. The van der Waals surface area contributed by atoms with E-state index in [2.05, 4.69) is 24.2 Å². The third kappa shape index (κ3) is 1.91. The van der Waals surface area contributed by atoms with E-state index in [4.69, 9.17) is 10.5 Å². The zero-order valence-electron chi connectivity index (χ0n) is 9.84. The first kappa shape index (κ1) is 11.0. The second-order valence-corrected chi connectivity index (χ2v) is 4.07. The number of hydrogen-bond donors (Lipinski definition) is 2. The van der Waals surface area contributed by atoms with Crippen LogP contribution in [0, 0.1) is 6.92 Å². The fourth-order valence-electron chi connectivity index (χ4n) is 2.05. The van der Waals surface area contributed by atoms with Gasteiger partial charge in [-0.25, -0.2) is 0 Å². The number of H-pyrrole nitrogens is 1. The maximum atomic E-state index is 5.54. The van der Waals surface area contributed by atoms with Crippen LogP contribution in [0.3, 0.4) is 0 Å². The molecule has 86 valence electrons. The van der Waals surface area contributed by atoms with E-state index in [0.717, 1.165) is 25.1 Å². The average molecular weight is 218 g/mol. The Balaban J connectivity index is 2.47. The predicted molar refractivity (Wildman–Crippen MR) is 67.0 cm³/mol. The first-order chi connectivity index (χ1) is 7.76. The quantitative estimate of drug-likeness (QED) is 0.827. The van der Waals surface area contributed by atoms with E-state index in [-0.39, 0.29) is 0 Å². The van der Waals surface area contributed by atoms with Crippen molar-refractivity contribution in [2.45, 2.75) is 19.8 Å². The van der Waals surface area contributed by atoms with E-state index in [1.54, 1.807) is 7.11 Å². The number of aromatic amines is 1. The molecule has 1 heterocycles. The number of aromatic nitrogens is 1. The second kappa shape index (κ2) is 4.58. The molecule has 0 bridgehead atoms. The van der Waals surface area contributed by atoms with Gasteiger partial charge in [0.15, 0.2) is 0 Å². The minimum Gasteiger partial charge on any atom is -0.497 e. The summed E-state index contributed by atoms with van der Waals surface area (Å²) in [5.74, 6) is 0.915. The summed E-state index contributed by atoms with van der Waals surface area (Å²) in [5, 5.41) is 1.25. The number of nitrogens with two attached hydrogens (primary N) is 1. The molecule has 0 fully saturated rings. The lowest BCUT2D eigenvalue weighted by Crippen LogP contribution is -1.99. The van der Waals surface area contributed by atoms with Crippen LogP contribution >= 0.6 is 0 Å². The van der Waals surface area contributed by atoms with Crippen molar-refractivity contribution in [2.75, 3.05) is 13.7 Å². The SMILES string of the molecule is COc1cc(C)c2[nH]cc(CCCN)c2c1. The Morgan fingerprint density at radius 2 is 2.19 bits per heavy atom. The van der Waals surface area contributed by atoms with Gasteiger partial charge in [0.2, 0.25) is 0 Å². The molecule has 0 spiro atoms. The number of ether oxygens (including phenoxy) is 1. The molecule has 0 atom stereocenters. The van der Waals surface area contributed by atoms with Crippen LogP contribution in [0.2, 0.25) is 0 Å². The van der Waals surface area contributed by atoms with Gasteiger partial charge in [-0.15, -0.1) is 0 Å². The summed E-state index contributed by atoms with van der Waals surface area (Å²) in [6.07, 6.45) is 4.11. The summed E-state index contributed by atoms with van der Waals surface area (Å²) in [6.45, 7) is 2.82. The second-order valence-electron chi connectivity index (χ2n) is 4.07. The maximum absolute atomic E-state index is 5.54. The Morgan fingerprint density at radius 3 is 2.88 bits per heavy atom. The van der Waals surface area contributed by atoms with Crippen LogP contribution in [0.5, 0.6) is 5.75 Å². The van der Waals surface area contributed by atoms with Crippen molar-refractivity contribution in [3.63, 3.8) is 0 Å². The van der Waals surface area contributed by atoms with E-state index >= 15 is 0 Å². The van der Waals surface area contributed by atoms with Gasteiger partial charge in [-0.3, -0.25) is 0 Å². The number of benzene rings is 1. The van der Waals surface area contributed by atoms with Gasteiger partial charge in [-0.2, -0.15) is 0 Å². The average Bonchev–Trinajstić information content (AvgIpc) is 2.70. The number of methoxy groups -OCH3 is 1. The fourth-order valence-corrected chi connectivity index (χ4v) is 2.05. The van der Waals surface area contributed by atoms with Crippen LogP contribution in [0.25, 0.3) is 10.9 Å². The lowest BCUT2D eigenvalue weighted by atomic mass is 10.1. The first-order valence-electron chi connectivity index (χ1n) is 5.61. The number of nitrogens with one attached hydrogen (secondary N) is 1. The molecule has 16 heavy (non-hydrogen) atoms. The molecule has 0 radical (unpaired) electrons. The van der Waals surface area contributed by atoms with Crippen molar-refractivity contribution < 1.29 is 4.74 Å². The smallest absolute Gasteiger partial charge is 0.119 e. The van der Waals surface area contributed by atoms with Crippen molar-refractivity contribution in [3.05, 3.63) is 29.5 Å². The van der Waals surface area contributed by atoms with Crippen LogP contribution in [0.1, 0.15) is 17.5 Å². The lowest BCUT2D eigenvalue weighted by Gasteiger charge is -2.04. The summed E-state index contributed by atoms with van der Waals surface area (Å²) < 4.78 is 5.29. The number of fused-ring (bicyclic) bond motifs is 1. The summed E-state index contributed by atoms with van der Waals surface area (Å²) in [7, 11) is 1.70. The van der Waals surface area contributed by atoms with Gasteiger partial charge in [0.1, 0.15) is 5.75 Å². The maximum Gasteiger partial charge on any atom is 0.119 e. The number of hydrogen-bond acceptors (Lipinski definition) is 2. The Labute approximate surface area is 95.6 Å². The van der Waals surface area contributed by atoms with Gasteiger partial charge in [0.05, 0.1) is 7.11 Å². The van der Waals surface area contributed by atoms with Gasteiger partial charge >= 0.3 is 0 Å². The van der Waals surface area contributed by atoms with Crippen molar-refractivity contribution in [1.82, 2.24) is 4.98 Å². The Hall–Kier alpha value is -1.48. The highest BCUT2D eigenvalue weighted by molar-refractivity contribution is 5.87. The molecule has 1 aromatic carbocycles. The van der Waals surface area contributed by atoms with E-state index in [0.29, 0.717) is 0 Å². The third-order valence-corrected chi connectivity index (χ3v) is 2.93. The largest absolute Gasteiger partial charge is 0.497 e. The highest BCUT2D eigenvalue weighted by Gasteiger charge is 2.07. The normalized spacial score (nSPS) is 10.9. The summed E-state index contributed by atoms with van der Waals surface area (Å²) in [4.78, 5) is 3.32. The van der Waals surface area contributed by atoms with Crippen molar-refractivity contribution in [2.24, 2.45) is 5.73 Å². The molecule has 3 heteroatoms. The van der Waals surface area contributed by atoms with Crippen LogP contribution in [0.4, 0.5) is 0 Å². The molecule has 1 aromatic heterocycles. The van der Waals surface area contributed by atoms with E-state index in [1.807, 2.05) is 6.07 Å². The lowest BCUT2D eigenvalue weighted by molar-refractivity contribution is 0.415. The molecule has 3 N–H and O–H groups in total. The van der Waals surface area contributed by atoms with Crippen LogP contribution in [0.15, 0.2) is 18.3 Å². The third-order valence-electron chi connectivity index (χ3n) is 2.93.